The average Bonchev–Trinajstić information content (AvgIpc) is 2.68. The van der Waals surface area contributed by atoms with Gasteiger partial charge in [-0.05, 0) is 39.7 Å². The van der Waals surface area contributed by atoms with Crippen LogP contribution in [0.25, 0.3) is 0 Å². The molecule has 2 rings (SSSR count). The molecule has 0 saturated carbocycles. The van der Waals surface area contributed by atoms with Gasteiger partial charge in [-0.2, -0.15) is 0 Å². The highest BCUT2D eigenvalue weighted by molar-refractivity contribution is 9.10. The van der Waals surface area contributed by atoms with Crippen molar-refractivity contribution in [2.75, 3.05) is 0 Å². The highest BCUT2D eigenvalue weighted by Crippen LogP contribution is 2.20. The maximum Gasteiger partial charge on any atom is 0.124 e. The molecule has 0 bridgehead atoms. The van der Waals surface area contributed by atoms with Crippen LogP contribution in [-0.2, 0) is 13.1 Å². The number of thiophene rings is 1. The molecule has 2 aromatic rings. The molecule has 0 spiro atoms. The first-order valence-electron chi connectivity index (χ1n) is 5.03. The number of hydrogen-bond donors (Lipinski definition) is 1. The van der Waals surface area contributed by atoms with Crippen LogP contribution < -0.4 is 5.32 Å². The van der Waals surface area contributed by atoms with E-state index in [-0.39, 0.29) is 5.82 Å². The molecule has 1 aromatic heterocycles. The van der Waals surface area contributed by atoms with Crippen molar-refractivity contribution in [3.63, 3.8) is 0 Å². The molecule has 0 radical (unpaired) electrons. The second kappa shape index (κ2) is 6.09. The molecule has 1 heterocycles. The molecule has 1 N–H and O–H groups in total. The van der Waals surface area contributed by atoms with Crippen molar-refractivity contribution < 1.29 is 4.39 Å². The van der Waals surface area contributed by atoms with Gasteiger partial charge in [-0.3, -0.25) is 0 Å². The SMILES string of the molecule is Fc1ccc(CNCc2cc(Br)cs2)c(Br)c1. The van der Waals surface area contributed by atoms with E-state index in [1.165, 1.54) is 17.0 Å². The van der Waals surface area contributed by atoms with Crippen LogP contribution in [0, 0.1) is 5.82 Å². The molecule has 0 saturated heterocycles. The fourth-order valence-electron chi connectivity index (χ4n) is 1.43. The summed E-state index contributed by atoms with van der Waals surface area (Å²) in [5.74, 6) is -0.220. The lowest BCUT2D eigenvalue weighted by Gasteiger charge is -2.05. The Morgan fingerprint density at radius 2 is 2.00 bits per heavy atom. The van der Waals surface area contributed by atoms with Gasteiger partial charge in [0.05, 0.1) is 0 Å². The molecule has 0 aliphatic heterocycles. The van der Waals surface area contributed by atoms with Gasteiger partial charge in [-0.1, -0.05) is 22.0 Å². The third kappa shape index (κ3) is 3.88. The number of halogens is 3. The predicted octanol–water partition coefficient (Wildman–Crippen LogP) is 4.70. The highest BCUT2D eigenvalue weighted by Gasteiger charge is 2.02. The molecule has 0 unspecified atom stereocenters. The fraction of sp³-hybridized carbons (Fsp3) is 0.167. The van der Waals surface area contributed by atoms with Crippen molar-refractivity contribution in [2.24, 2.45) is 0 Å². The van der Waals surface area contributed by atoms with Crippen LogP contribution in [0.5, 0.6) is 0 Å². The van der Waals surface area contributed by atoms with E-state index in [9.17, 15) is 4.39 Å². The largest absolute Gasteiger partial charge is 0.308 e. The number of hydrogen-bond acceptors (Lipinski definition) is 2. The normalized spacial score (nSPS) is 10.8. The standard InChI is InChI=1S/C12H10Br2FNS/c13-9-3-11(17-7-9)6-16-5-8-1-2-10(15)4-12(8)14/h1-4,7,16H,5-6H2. The topological polar surface area (TPSA) is 12.0 Å². The van der Waals surface area contributed by atoms with Gasteiger partial charge in [0, 0.05) is 32.3 Å². The van der Waals surface area contributed by atoms with E-state index in [1.54, 1.807) is 17.4 Å². The van der Waals surface area contributed by atoms with E-state index in [4.69, 9.17) is 0 Å². The molecule has 1 nitrogen and oxygen atoms in total. The zero-order valence-corrected chi connectivity index (χ0v) is 12.8. The molecule has 0 amide bonds. The van der Waals surface area contributed by atoms with Gasteiger partial charge in [0.25, 0.3) is 0 Å². The molecule has 5 heteroatoms. The van der Waals surface area contributed by atoms with Gasteiger partial charge in [-0.15, -0.1) is 11.3 Å². The van der Waals surface area contributed by atoms with Gasteiger partial charge in [0.2, 0.25) is 0 Å². The summed E-state index contributed by atoms with van der Waals surface area (Å²) >= 11 is 8.48. The van der Waals surface area contributed by atoms with Crippen molar-refractivity contribution in [3.05, 3.63) is 54.8 Å². The third-order valence-electron chi connectivity index (χ3n) is 2.25. The van der Waals surface area contributed by atoms with Gasteiger partial charge in [0.1, 0.15) is 5.82 Å². The van der Waals surface area contributed by atoms with Crippen LogP contribution in [0.1, 0.15) is 10.4 Å². The minimum Gasteiger partial charge on any atom is -0.308 e. The second-order valence-electron chi connectivity index (χ2n) is 3.57. The molecule has 0 atom stereocenters. The lowest BCUT2D eigenvalue weighted by atomic mass is 10.2. The van der Waals surface area contributed by atoms with E-state index >= 15 is 0 Å². The Kier molecular flexibility index (Phi) is 4.73. The van der Waals surface area contributed by atoms with Crippen LogP contribution >= 0.6 is 43.2 Å². The van der Waals surface area contributed by atoms with Crippen molar-refractivity contribution in [3.8, 4) is 0 Å². The van der Waals surface area contributed by atoms with Crippen molar-refractivity contribution in [2.45, 2.75) is 13.1 Å². The van der Waals surface area contributed by atoms with E-state index in [2.05, 4.69) is 48.6 Å². The van der Waals surface area contributed by atoms with E-state index in [0.717, 1.165) is 27.6 Å². The molecule has 1 aromatic carbocycles. The summed E-state index contributed by atoms with van der Waals surface area (Å²) in [4.78, 5) is 1.27. The zero-order valence-electron chi connectivity index (χ0n) is 8.84. The predicted molar refractivity (Wildman–Crippen MR) is 76.7 cm³/mol. The van der Waals surface area contributed by atoms with Crippen LogP contribution in [0.4, 0.5) is 4.39 Å². The Bertz CT molecular complexity index is 513. The molecular weight excluding hydrogens is 369 g/mol. The quantitative estimate of drug-likeness (QED) is 0.812. The Balaban J connectivity index is 1.90. The summed E-state index contributed by atoms with van der Waals surface area (Å²) in [6.45, 7) is 1.54. The maximum absolute atomic E-state index is 12.9. The summed E-state index contributed by atoms with van der Waals surface area (Å²) < 4.78 is 14.8. The number of nitrogens with one attached hydrogen (secondary N) is 1. The van der Waals surface area contributed by atoms with Crippen molar-refractivity contribution >= 4 is 43.2 Å². The lowest BCUT2D eigenvalue weighted by Crippen LogP contribution is -2.12. The Labute approximate surface area is 120 Å². The minimum atomic E-state index is -0.220. The monoisotopic (exact) mass is 377 g/mol. The first-order chi connectivity index (χ1) is 8.15. The van der Waals surface area contributed by atoms with Crippen LogP contribution in [0.15, 0.2) is 38.6 Å². The van der Waals surface area contributed by atoms with E-state index in [1.807, 2.05) is 0 Å². The summed E-state index contributed by atoms with van der Waals surface area (Å²) in [6, 6.07) is 6.84. The van der Waals surface area contributed by atoms with Crippen molar-refractivity contribution in [1.29, 1.82) is 0 Å². The fourth-order valence-corrected chi connectivity index (χ4v) is 3.34. The summed E-state index contributed by atoms with van der Waals surface area (Å²) in [7, 11) is 0. The smallest absolute Gasteiger partial charge is 0.124 e. The Morgan fingerprint density at radius 3 is 2.65 bits per heavy atom. The van der Waals surface area contributed by atoms with Gasteiger partial charge >= 0.3 is 0 Å². The zero-order chi connectivity index (χ0) is 12.3. The van der Waals surface area contributed by atoms with Gasteiger partial charge in [-0.25, -0.2) is 4.39 Å². The van der Waals surface area contributed by atoms with Gasteiger partial charge < -0.3 is 5.32 Å². The highest BCUT2D eigenvalue weighted by atomic mass is 79.9. The lowest BCUT2D eigenvalue weighted by molar-refractivity contribution is 0.623. The number of rotatable bonds is 4. The van der Waals surface area contributed by atoms with Crippen LogP contribution in [0.3, 0.4) is 0 Å². The molecule has 0 aliphatic rings. The molecular formula is C12H10Br2FNS. The van der Waals surface area contributed by atoms with Crippen LogP contribution in [-0.4, -0.2) is 0 Å². The third-order valence-corrected chi connectivity index (χ3v) is 4.69. The molecule has 0 fully saturated rings. The molecule has 17 heavy (non-hydrogen) atoms. The summed E-state index contributed by atoms with van der Waals surface area (Å²) in [6.07, 6.45) is 0. The van der Waals surface area contributed by atoms with E-state index < -0.39 is 0 Å². The first-order valence-corrected chi connectivity index (χ1v) is 7.49. The van der Waals surface area contributed by atoms with Crippen molar-refractivity contribution in [1.82, 2.24) is 5.32 Å². The number of benzene rings is 1. The maximum atomic E-state index is 12.9. The van der Waals surface area contributed by atoms with Gasteiger partial charge in [0.15, 0.2) is 0 Å². The Hall–Kier alpha value is -0.230. The second-order valence-corrected chi connectivity index (χ2v) is 6.34. The average molecular weight is 379 g/mol. The van der Waals surface area contributed by atoms with Crippen LogP contribution in [0.2, 0.25) is 0 Å². The molecule has 0 aliphatic carbocycles. The summed E-state index contributed by atoms with van der Waals surface area (Å²) in [5.41, 5.74) is 1.06. The first kappa shape index (κ1) is 13.2. The minimum absolute atomic E-state index is 0.220. The Morgan fingerprint density at radius 1 is 1.18 bits per heavy atom. The molecule has 90 valence electrons. The summed E-state index contributed by atoms with van der Waals surface area (Å²) in [5, 5.41) is 5.39. The van der Waals surface area contributed by atoms with E-state index in [0.29, 0.717) is 0 Å².